The molecule has 1 aliphatic rings. The number of carbonyl (C=O) groups excluding carboxylic acids is 1. The number of nitrogens with zero attached hydrogens (tertiary/aromatic N) is 1. The zero-order valence-corrected chi connectivity index (χ0v) is 14.8. The molecule has 0 spiro atoms. The van der Waals surface area contributed by atoms with E-state index >= 15 is 0 Å². The summed E-state index contributed by atoms with van der Waals surface area (Å²) in [6.07, 6.45) is 0.378. The van der Waals surface area contributed by atoms with E-state index < -0.39 is 5.97 Å². The van der Waals surface area contributed by atoms with Gasteiger partial charge in [0.15, 0.2) is 0 Å². The summed E-state index contributed by atoms with van der Waals surface area (Å²) in [5.41, 5.74) is 1.84. The average molecular weight is 355 g/mol. The van der Waals surface area contributed by atoms with Crippen LogP contribution >= 0.6 is 0 Å². The van der Waals surface area contributed by atoms with Crippen molar-refractivity contribution in [2.45, 2.75) is 19.3 Å². The maximum atomic E-state index is 12.5. The minimum Gasteiger partial charge on any atom is -0.496 e. The molecule has 0 aliphatic carbocycles. The number of hydrogen-bond donors (Lipinski definition) is 1. The number of benzene rings is 2. The van der Waals surface area contributed by atoms with Crippen LogP contribution in [0.2, 0.25) is 0 Å². The van der Waals surface area contributed by atoms with Gasteiger partial charge in [-0.1, -0.05) is 6.07 Å². The molecule has 1 heterocycles. The lowest BCUT2D eigenvalue weighted by atomic mass is 9.96. The maximum Gasteiger partial charge on any atom is 0.339 e. The van der Waals surface area contributed by atoms with Crippen molar-refractivity contribution in [1.82, 2.24) is 0 Å². The summed E-state index contributed by atoms with van der Waals surface area (Å²) in [5, 5.41) is 9.19. The Kier molecular flexibility index (Phi) is 5.11. The summed E-state index contributed by atoms with van der Waals surface area (Å²) >= 11 is 0. The van der Waals surface area contributed by atoms with E-state index in [9.17, 15) is 14.7 Å². The molecule has 6 nitrogen and oxygen atoms in total. The number of amides is 1. The number of carbonyl (C=O) groups is 2. The fourth-order valence-electron chi connectivity index (χ4n) is 3.21. The van der Waals surface area contributed by atoms with Crippen LogP contribution in [0, 0.1) is 0 Å². The lowest BCUT2D eigenvalue weighted by molar-refractivity contribution is -0.117. The third-order valence-corrected chi connectivity index (χ3v) is 4.51. The maximum absolute atomic E-state index is 12.5. The second-order valence-electron chi connectivity index (χ2n) is 6.10. The van der Waals surface area contributed by atoms with Crippen LogP contribution in [0.15, 0.2) is 42.5 Å². The molecule has 0 saturated carbocycles. The van der Waals surface area contributed by atoms with Crippen LogP contribution in [-0.2, 0) is 4.79 Å². The predicted molar refractivity (Wildman–Crippen MR) is 97.3 cm³/mol. The van der Waals surface area contributed by atoms with E-state index in [1.165, 1.54) is 13.2 Å². The molecule has 0 radical (unpaired) electrons. The van der Waals surface area contributed by atoms with Gasteiger partial charge in [0.05, 0.1) is 13.7 Å². The Morgan fingerprint density at radius 3 is 2.58 bits per heavy atom. The molecule has 1 saturated heterocycles. The highest BCUT2D eigenvalue weighted by molar-refractivity contribution is 5.96. The highest BCUT2D eigenvalue weighted by atomic mass is 16.5. The fourth-order valence-corrected chi connectivity index (χ4v) is 3.21. The second-order valence-corrected chi connectivity index (χ2v) is 6.10. The number of aromatic carboxylic acids is 1. The normalized spacial score (nSPS) is 16.6. The summed E-state index contributed by atoms with van der Waals surface area (Å²) < 4.78 is 10.6. The Bertz CT molecular complexity index is 815. The monoisotopic (exact) mass is 355 g/mol. The van der Waals surface area contributed by atoms with Crippen LogP contribution in [0.1, 0.15) is 35.2 Å². The number of carboxylic acids is 1. The van der Waals surface area contributed by atoms with Crippen LogP contribution < -0.4 is 14.4 Å². The average Bonchev–Trinajstić information content (AvgIpc) is 3.03. The van der Waals surface area contributed by atoms with Gasteiger partial charge < -0.3 is 19.5 Å². The van der Waals surface area contributed by atoms with Crippen LogP contribution in [0.25, 0.3) is 0 Å². The summed E-state index contributed by atoms with van der Waals surface area (Å²) in [5.74, 6) is 0.0774. The molecule has 1 aliphatic heterocycles. The van der Waals surface area contributed by atoms with Crippen molar-refractivity contribution < 1.29 is 24.2 Å². The van der Waals surface area contributed by atoms with Crippen molar-refractivity contribution in [3.05, 3.63) is 53.6 Å². The van der Waals surface area contributed by atoms with Gasteiger partial charge in [-0.2, -0.15) is 0 Å². The zero-order valence-electron chi connectivity index (χ0n) is 14.8. The zero-order chi connectivity index (χ0) is 18.7. The first-order chi connectivity index (χ1) is 12.5. The second kappa shape index (κ2) is 7.47. The SMILES string of the molecule is CCOc1ccc(N2CC(c3ccc(C(=O)O)c(OC)c3)CC2=O)cc1. The van der Waals surface area contributed by atoms with Crippen molar-refractivity contribution in [3.63, 3.8) is 0 Å². The van der Waals surface area contributed by atoms with Crippen LogP contribution in [0.4, 0.5) is 5.69 Å². The van der Waals surface area contributed by atoms with Crippen LogP contribution in [0.3, 0.4) is 0 Å². The van der Waals surface area contributed by atoms with Gasteiger partial charge in [-0.05, 0) is 48.9 Å². The number of rotatable bonds is 6. The highest BCUT2D eigenvalue weighted by Gasteiger charge is 2.32. The smallest absolute Gasteiger partial charge is 0.339 e. The van der Waals surface area contributed by atoms with E-state index in [0.717, 1.165) is 17.0 Å². The molecule has 1 unspecified atom stereocenters. The Labute approximate surface area is 152 Å². The molecule has 1 fully saturated rings. The van der Waals surface area contributed by atoms with Crippen molar-refractivity contribution >= 4 is 17.6 Å². The fraction of sp³-hybridized carbons (Fsp3) is 0.300. The summed E-state index contributed by atoms with van der Waals surface area (Å²) in [6, 6.07) is 12.4. The molecular formula is C20H21NO5. The van der Waals surface area contributed by atoms with Crippen molar-refractivity contribution in [2.75, 3.05) is 25.2 Å². The Morgan fingerprint density at radius 1 is 1.23 bits per heavy atom. The molecule has 1 N–H and O–H groups in total. The van der Waals surface area contributed by atoms with Gasteiger partial charge in [0, 0.05) is 24.6 Å². The third-order valence-electron chi connectivity index (χ3n) is 4.51. The Hall–Kier alpha value is -3.02. The van der Waals surface area contributed by atoms with E-state index in [2.05, 4.69) is 0 Å². The van der Waals surface area contributed by atoms with Gasteiger partial charge in [-0.3, -0.25) is 4.79 Å². The molecule has 1 atom stereocenters. The summed E-state index contributed by atoms with van der Waals surface area (Å²) in [6.45, 7) is 3.06. The van der Waals surface area contributed by atoms with Crippen molar-refractivity contribution in [2.24, 2.45) is 0 Å². The predicted octanol–water partition coefficient (Wildman–Crippen LogP) is 3.31. The first-order valence-corrected chi connectivity index (χ1v) is 8.48. The quantitative estimate of drug-likeness (QED) is 0.860. The molecule has 136 valence electrons. The molecule has 3 rings (SSSR count). The highest BCUT2D eigenvalue weighted by Crippen LogP contribution is 2.34. The number of anilines is 1. The molecule has 0 aromatic heterocycles. The summed E-state index contributed by atoms with van der Waals surface area (Å²) in [7, 11) is 1.44. The topological polar surface area (TPSA) is 76.1 Å². The first kappa shape index (κ1) is 17.8. The number of methoxy groups -OCH3 is 1. The molecule has 0 bridgehead atoms. The standard InChI is InChI=1S/C20H21NO5/c1-3-26-16-7-5-15(6-8-16)21-12-14(11-19(21)22)13-4-9-17(20(23)24)18(10-13)25-2/h4-10,14H,3,11-12H2,1-2H3,(H,23,24). The van der Waals surface area contributed by atoms with E-state index in [1.807, 2.05) is 31.2 Å². The molecule has 2 aromatic rings. The van der Waals surface area contributed by atoms with Crippen molar-refractivity contribution in [1.29, 1.82) is 0 Å². The molecule has 26 heavy (non-hydrogen) atoms. The van der Waals surface area contributed by atoms with E-state index in [-0.39, 0.29) is 17.4 Å². The first-order valence-electron chi connectivity index (χ1n) is 8.48. The third kappa shape index (κ3) is 3.49. The molecule has 6 heteroatoms. The lowest BCUT2D eigenvalue weighted by Crippen LogP contribution is -2.24. The van der Waals surface area contributed by atoms with Gasteiger partial charge in [-0.25, -0.2) is 4.79 Å². The van der Waals surface area contributed by atoms with Gasteiger partial charge >= 0.3 is 5.97 Å². The van der Waals surface area contributed by atoms with Crippen LogP contribution in [0.5, 0.6) is 11.5 Å². The Morgan fingerprint density at radius 2 is 1.96 bits per heavy atom. The number of hydrogen-bond acceptors (Lipinski definition) is 4. The van der Waals surface area contributed by atoms with Gasteiger partial charge in [0.25, 0.3) is 0 Å². The van der Waals surface area contributed by atoms with E-state index in [0.29, 0.717) is 25.3 Å². The van der Waals surface area contributed by atoms with E-state index in [4.69, 9.17) is 9.47 Å². The lowest BCUT2D eigenvalue weighted by Gasteiger charge is -2.18. The van der Waals surface area contributed by atoms with Crippen molar-refractivity contribution in [3.8, 4) is 11.5 Å². The van der Waals surface area contributed by atoms with E-state index in [1.54, 1.807) is 17.0 Å². The van der Waals surface area contributed by atoms with Crippen LogP contribution in [-0.4, -0.2) is 37.2 Å². The minimum absolute atomic E-state index is 0.00851. The van der Waals surface area contributed by atoms with Gasteiger partial charge in [0.1, 0.15) is 17.1 Å². The Balaban J connectivity index is 1.80. The number of carboxylic acid groups (broad SMARTS) is 1. The summed E-state index contributed by atoms with van der Waals surface area (Å²) in [4.78, 5) is 25.4. The largest absolute Gasteiger partial charge is 0.496 e. The molecule has 2 aromatic carbocycles. The molecule has 1 amide bonds. The van der Waals surface area contributed by atoms with Gasteiger partial charge in [-0.15, -0.1) is 0 Å². The molecular weight excluding hydrogens is 334 g/mol. The number of ether oxygens (including phenoxy) is 2. The van der Waals surface area contributed by atoms with Gasteiger partial charge in [0.2, 0.25) is 5.91 Å². The minimum atomic E-state index is -1.04.